The molecule has 1 saturated carbocycles. The standard InChI is InChI=1S/C30H26NO.C20H20NSi.Ir/c1-3-8-21(9-4-1)18-22-16-17-31-28(19-22)27-13-7-12-26-25-15-14-24(20-29(25)32-30(26)27)23-10-5-2-6-11-23;1-22(2,3)19-13-14-20(21-15-19)18-11-9-17(10-12-18)16-7-5-4-6-8-16;/h2,5-7,10-12,14-17,19-21H,1,3-4,8-9,18H2;4-11,13-15H,1-3H3;/q2*-1;. The van der Waals surface area contributed by atoms with E-state index in [0.717, 1.165) is 62.4 Å². The van der Waals surface area contributed by atoms with E-state index >= 15 is 0 Å². The Kier molecular flexibility index (Phi) is 12.0. The smallest absolute Gasteiger partial charge is 0.121 e. The zero-order chi connectivity index (χ0) is 36.9. The Hall–Kier alpha value is -4.93. The Morgan fingerprint density at radius 3 is 2.05 bits per heavy atom. The van der Waals surface area contributed by atoms with E-state index in [1.54, 1.807) is 0 Å². The molecule has 5 aromatic carbocycles. The van der Waals surface area contributed by atoms with Gasteiger partial charge in [-0.2, -0.15) is 0 Å². The summed E-state index contributed by atoms with van der Waals surface area (Å²) in [6.07, 6.45) is 12.0. The Balaban J connectivity index is 0.000000178. The second-order valence-electron chi connectivity index (χ2n) is 15.6. The minimum Gasteiger partial charge on any atom is -0.501 e. The number of furan rings is 1. The van der Waals surface area contributed by atoms with Gasteiger partial charge in [0.2, 0.25) is 0 Å². The summed E-state index contributed by atoms with van der Waals surface area (Å²) in [6, 6.07) is 53.2. The Morgan fingerprint density at radius 1 is 0.655 bits per heavy atom. The second kappa shape index (κ2) is 17.2. The van der Waals surface area contributed by atoms with E-state index in [-0.39, 0.29) is 20.1 Å². The molecule has 0 N–H and O–H groups in total. The quantitative estimate of drug-likeness (QED) is 0.118. The molecule has 1 aliphatic carbocycles. The van der Waals surface area contributed by atoms with E-state index in [0.29, 0.717) is 0 Å². The summed E-state index contributed by atoms with van der Waals surface area (Å²) in [5.41, 5.74) is 11.8. The molecule has 3 nitrogen and oxygen atoms in total. The maximum Gasteiger partial charge on any atom is 0.121 e. The van der Waals surface area contributed by atoms with Gasteiger partial charge in [-0.1, -0.05) is 170 Å². The van der Waals surface area contributed by atoms with Crippen molar-refractivity contribution in [2.45, 2.75) is 58.2 Å². The predicted octanol–water partition coefficient (Wildman–Crippen LogP) is 13.0. The topological polar surface area (TPSA) is 38.9 Å². The summed E-state index contributed by atoms with van der Waals surface area (Å²) in [5.74, 6) is 0.807. The molecular weight excluding hydrogens is 865 g/mol. The molecule has 0 atom stereocenters. The normalized spacial score (nSPS) is 13.2. The van der Waals surface area contributed by atoms with Gasteiger partial charge in [-0.3, -0.25) is 0 Å². The van der Waals surface area contributed by atoms with Gasteiger partial charge in [0, 0.05) is 37.9 Å². The Labute approximate surface area is 340 Å². The number of pyridine rings is 2. The van der Waals surface area contributed by atoms with E-state index < -0.39 is 8.07 Å². The maximum absolute atomic E-state index is 6.42. The molecule has 8 aromatic rings. The summed E-state index contributed by atoms with van der Waals surface area (Å²) in [7, 11) is -1.28. The average molecular weight is 911 g/mol. The van der Waals surface area contributed by atoms with Crippen LogP contribution in [-0.4, -0.2) is 18.0 Å². The van der Waals surface area contributed by atoms with E-state index in [9.17, 15) is 0 Å². The zero-order valence-electron chi connectivity index (χ0n) is 31.8. The van der Waals surface area contributed by atoms with Crippen molar-refractivity contribution < 1.29 is 24.5 Å². The van der Waals surface area contributed by atoms with Crippen LogP contribution in [0.1, 0.15) is 37.7 Å². The first-order valence-electron chi connectivity index (χ1n) is 19.3. The molecule has 0 unspecified atom stereocenters. The van der Waals surface area contributed by atoms with Crippen molar-refractivity contribution in [3.05, 3.63) is 164 Å². The molecular formula is C50H46IrN2OSi-2. The first kappa shape index (κ1) is 38.3. The second-order valence-corrected chi connectivity index (χ2v) is 20.6. The maximum atomic E-state index is 6.42. The number of rotatable bonds is 7. The van der Waals surface area contributed by atoms with Gasteiger partial charge >= 0.3 is 0 Å². The molecule has 3 aromatic heterocycles. The van der Waals surface area contributed by atoms with Crippen molar-refractivity contribution >= 4 is 35.2 Å². The first-order valence-corrected chi connectivity index (χ1v) is 22.8. The van der Waals surface area contributed by atoms with Crippen molar-refractivity contribution in [2.75, 3.05) is 0 Å². The van der Waals surface area contributed by atoms with Gasteiger partial charge in [-0.25, -0.2) is 0 Å². The molecule has 0 aliphatic heterocycles. The van der Waals surface area contributed by atoms with Crippen LogP contribution < -0.4 is 5.19 Å². The number of hydrogen-bond donors (Lipinski definition) is 0. The third-order valence-corrected chi connectivity index (χ3v) is 12.7. The van der Waals surface area contributed by atoms with Crippen molar-refractivity contribution in [1.29, 1.82) is 0 Å². The van der Waals surface area contributed by atoms with Crippen LogP contribution in [0.3, 0.4) is 0 Å². The molecule has 277 valence electrons. The van der Waals surface area contributed by atoms with Gasteiger partial charge in [0.15, 0.2) is 0 Å². The van der Waals surface area contributed by atoms with Crippen LogP contribution in [0.15, 0.2) is 150 Å². The average Bonchev–Trinajstić information content (AvgIpc) is 3.60. The fraction of sp³-hybridized carbons (Fsp3) is 0.200. The molecule has 5 heteroatoms. The molecule has 55 heavy (non-hydrogen) atoms. The summed E-state index contributed by atoms with van der Waals surface area (Å²) in [4.78, 5) is 9.32. The van der Waals surface area contributed by atoms with Crippen molar-refractivity contribution in [3.8, 4) is 44.8 Å². The van der Waals surface area contributed by atoms with E-state index in [1.807, 2.05) is 36.7 Å². The predicted molar refractivity (Wildman–Crippen MR) is 228 cm³/mol. The number of fused-ring (bicyclic) bond motifs is 3. The van der Waals surface area contributed by atoms with Crippen molar-refractivity contribution in [1.82, 2.24) is 9.97 Å². The summed E-state index contributed by atoms with van der Waals surface area (Å²) in [6.45, 7) is 7.01. The Bertz CT molecular complexity index is 2460. The fourth-order valence-corrected chi connectivity index (χ4v) is 8.63. The monoisotopic (exact) mass is 911 g/mol. The van der Waals surface area contributed by atoms with E-state index in [1.165, 1.54) is 59.5 Å². The first-order chi connectivity index (χ1) is 26.4. The van der Waals surface area contributed by atoms with Crippen LogP contribution in [0.2, 0.25) is 19.6 Å². The van der Waals surface area contributed by atoms with Gasteiger partial charge in [0.25, 0.3) is 0 Å². The third kappa shape index (κ3) is 8.97. The molecule has 1 aliphatic rings. The largest absolute Gasteiger partial charge is 0.501 e. The number of aromatic nitrogens is 2. The molecule has 0 spiro atoms. The SMILES string of the molecule is C[Si](C)(C)c1ccc(-c2[c-]cc(-c3ccccc3)cc2)nc1.[Ir].[c-]1ccc2c(oc3cc(-c4ccccc4)ccc32)c1-c1cc(CC2CCCCC2)ccn1. The van der Waals surface area contributed by atoms with Gasteiger partial charge in [0.1, 0.15) is 5.58 Å². The van der Waals surface area contributed by atoms with Gasteiger partial charge in [-0.05, 0) is 52.2 Å². The molecule has 0 bridgehead atoms. The van der Waals surface area contributed by atoms with Crippen LogP contribution in [0.25, 0.3) is 66.7 Å². The van der Waals surface area contributed by atoms with Crippen LogP contribution in [0.4, 0.5) is 0 Å². The molecule has 3 heterocycles. The summed E-state index contributed by atoms with van der Waals surface area (Å²) in [5, 5.41) is 3.64. The van der Waals surface area contributed by atoms with Gasteiger partial charge < -0.3 is 14.4 Å². The molecule has 1 radical (unpaired) electrons. The molecule has 9 rings (SSSR count). The Morgan fingerprint density at radius 2 is 1.38 bits per heavy atom. The van der Waals surface area contributed by atoms with Crippen LogP contribution in [-0.2, 0) is 26.5 Å². The van der Waals surface area contributed by atoms with Crippen LogP contribution in [0, 0.1) is 18.1 Å². The van der Waals surface area contributed by atoms with Crippen molar-refractivity contribution in [3.63, 3.8) is 0 Å². The number of benzene rings is 5. The zero-order valence-corrected chi connectivity index (χ0v) is 35.2. The molecule has 0 amide bonds. The third-order valence-electron chi connectivity index (χ3n) is 10.7. The van der Waals surface area contributed by atoms with Crippen LogP contribution in [0.5, 0.6) is 0 Å². The molecule has 1 fully saturated rings. The van der Waals surface area contributed by atoms with Gasteiger partial charge in [0.05, 0.1) is 13.7 Å². The summed E-state index contributed by atoms with van der Waals surface area (Å²) < 4.78 is 6.42. The van der Waals surface area contributed by atoms with E-state index in [2.05, 4.69) is 146 Å². The minimum absolute atomic E-state index is 0. The molecule has 0 saturated heterocycles. The van der Waals surface area contributed by atoms with Gasteiger partial charge in [-0.15, -0.1) is 48.0 Å². The summed E-state index contributed by atoms with van der Waals surface area (Å²) >= 11 is 0. The number of nitrogens with zero attached hydrogens (tertiary/aromatic N) is 2. The minimum atomic E-state index is -1.28. The van der Waals surface area contributed by atoms with Crippen molar-refractivity contribution in [2.24, 2.45) is 5.92 Å². The van der Waals surface area contributed by atoms with E-state index in [4.69, 9.17) is 9.40 Å². The van der Waals surface area contributed by atoms with Crippen LogP contribution >= 0.6 is 0 Å². The number of hydrogen-bond acceptors (Lipinski definition) is 3. The fourth-order valence-electron chi connectivity index (χ4n) is 7.60.